The third kappa shape index (κ3) is 4.60. The first-order valence-corrected chi connectivity index (χ1v) is 8.18. The van der Waals surface area contributed by atoms with Gasteiger partial charge in [0.15, 0.2) is 0 Å². The van der Waals surface area contributed by atoms with E-state index in [9.17, 15) is 0 Å². The third-order valence-electron chi connectivity index (χ3n) is 3.92. The lowest BCUT2D eigenvalue weighted by Gasteiger charge is -2.26. The number of anilines is 1. The standard InChI is InChI=1S/C18H25ClN2/c1-4-5-6-10-18(2,3)13-21-16-9-11-20-17-12-14(19)7-8-15(16)17/h7-9,11-12H,4-6,10,13H2,1-3H3,(H,20,21). The van der Waals surface area contributed by atoms with Gasteiger partial charge in [0.25, 0.3) is 0 Å². The zero-order valence-electron chi connectivity index (χ0n) is 13.2. The molecule has 1 heterocycles. The van der Waals surface area contributed by atoms with Crippen molar-refractivity contribution in [2.45, 2.75) is 46.5 Å². The minimum Gasteiger partial charge on any atom is -0.384 e. The van der Waals surface area contributed by atoms with Crippen molar-refractivity contribution in [3.63, 3.8) is 0 Å². The highest BCUT2D eigenvalue weighted by molar-refractivity contribution is 6.31. The third-order valence-corrected chi connectivity index (χ3v) is 4.15. The number of halogens is 1. The molecule has 2 aromatic rings. The molecule has 0 saturated carbocycles. The van der Waals surface area contributed by atoms with Gasteiger partial charge in [0, 0.05) is 28.8 Å². The van der Waals surface area contributed by atoms with Crippen LogP contribution in [0.15, 0.2) is 30.5 Å². The number of nitrogens with zero attached hydrogens (tertiary/aromatic N) is 1. The molecule has 2 nitrogen and oxygen atoms in total. The van der Waals surface area contributed by atoms with E-state index in [0.717, 1.165) is 28.2 Å². The van der Waals surface area contributed by atoms with Crippen molar-refractivity contribution >= 4 is 28.2 Å². The molecule has 0 amide bonds. The minimum absolute atomic E-state index is 0.303. The van der Waals surface area contributed by atoms with E-state index in [0.29, 0.717) is 5.41 Å². The maximum absolute atomic E-state index is 6.03. The molecule has 0 radical (unpaired) electrons. The lowest BCUT2D eigenvalue weighted by molar-refractivity contribution is 0.342. The van der Waals surface area contributed by atoms with Crippen LogP contribution >= 0.6 is 11.6 Å². The molecule has 0 bridgehead atoms. The van der Waals surface area contributed by atoms with Gasteiger partial charge in [-0.25, -0.2) is 0 Å². The van der Waals surface area contributed by atoms with Crippen molar-refractivity contribution in [1.82, 2.24) is 4.98 Å². The van der Waals surface area contributed by atoms with E-state index in [1.54, 1.807) is 0 Å². The first kappa shape index (κ1) is 16.1. The summed E-state index contributed by atoms with van der Waals surface area (Å²) < 4.78 is 0. The first-order valence-electron chi connectivity index (χ1n) is 7.80. The fraction of sp³-hybridized carbons (Fsp3) is 0.500. The monoisotopic (exact) mass is 304 g/mol. The SMILES string of the molecule is CCCCCC(C)(C)CNc1ccnc2cc(Cl)ccc12. The molecule has 114 valence electrons. The Kier molecular flexibility index (Phi) is 5.46. The van der Waals surface area contributed by atoms with E-state index < -0.39 is 0 Å². The average molecular weight is 305 g/mol. The second-order valence-corrected chi connectivity index (χ2v) is 6.93. The Morgan fingerprint density at radius 1 is 1.19 bits per heavy atom. The van der Waals surface area contributed by atoms with Gasteiger partial charge in [-0.1, -0.05) is 51.6 Å². The van der Waals surface area contributed by atoms with Gasteiger partial charge in [-0.05, 0) is 36.1 Å². The van der Waals surface area contributed by atoms with Gasteiger partial charge in [0.1, 0.15) is 0 Å². The Morgan fingerprint density at radius 2 is 2.00 bits per heavy atom. The zero-order chi connectivity index (χ0) is 15.3. The lowest BCUT2D eigenvalue weighted by Crippen LogP contribution is -2.23. The summed E-state index contributed by atoms with van der Waals surface area (Å²) in [6.07, 6.45) is 6.99. The van der Waals surface area contributed by atoms with Gasteiger partial charge in [0.05, 0.1) is 5.52 Å². The largest absolute Gasteiger partial charge is 0.384 e. The summed E-state index contributed by atoms with van der Waals surface area (Å²) >= 11 is 6.03. The molecule has 1 aromatic carbocycles. The van der Waals surface area contributed by atoms with E-state index in [1.807, 2.05) is 30.5 Å². The normalized spacial score (nSPS) is 11.8. The highest BCUT2D eigenvalue weighted by Crippen LogP contribution is 2.28. The zero-order valence-corrected chi connectivity index (χ0v) is 14.0. The molecule has 0 aliphatic rings. The summed E-state index contributed by atoms with van der Waals surface area (Å²) in [6, 6.07) is 7.91. The smallest absolute Gasteiger partial charge is 0.0737 e. The maximum Gasteiger partial charge on any atom is 0.0737 e. The van der Waals surface area contributed by atoms with Crippen molar-refractivity contribution in [2.24, 2.45) is 5.41 Å². The summed E-state index contributed by atoms with van der Waals surface area (Å²) in [6.45, 7) is 7.88. The van der Waals surface area contributed by atoms with Crippen LogP contribution in [-0.4, -0.2) is 11.5 Å². The molecular weight excluding hydrogens is 280 g/mol. The summed E-state index contributed by atoms with van der Waals surface area (Å²) in [5, 5.41) is 5.45. The van der Waals surface area contributed by atoms with Crippen LogP contribution in [0.1, 0.15) is 46.5 Å². The predicted octanol–water partition coefficient (Wildman–Crippen LogP) is 5.91. The summed E-state index contributed by atoms with van der Waals surface area (Å²) in [5.41, 5.74) is 2.38. The van der Waals surface area contributed by atoms with Crippen molar-refractivity contribution < 1.29 is 0 Å². The number of rotatable bonds is 7. The molecular formula is C18H25ClN2. The Bertz CT molecular complexity index is 593. The summed E-state index contributed by atoms with van der Waals surface area (Å²) in [4.78, 5) is 4.38. The summed E-state index contributed by atoms with van der Waals surface area (Å²) in [5.74, 6) is 0. The van der Waals surface area contributed by atoms with E-state index in [4.69, 9.17) is 11.6 Å². The number of nitrogens with one attached hydrogen (secondary N) is 1. The Hall–Kier alpha value is -1.28. The van der Waals surface area contributed by atoms with Gasteiger partial charge in [0.2, 0.25) is 0 Å². The van der Waals surface area contributed by atoms with Crippen LogP contribution in [0.25, 0.3) is 10.9 Å². The van der Waals surface area contributed by atoms with Crippen LogP contribution in [-0.2, 0) is 0 Å². The molecule has 1 N–H and O–H groups in total. The first-order chi connectivity index (χ1) is 10.0. The number of benzene rings is 1. The van der Waals surface area contributed by atoms with Crippen molar-refractivity contribution in [2.75, 3.05) is 11.9 Å². The number of unbranched alkanes of at least 4 members (excludes halogenated alkanes) is 2. The highest BCUT2D eigenvalue weighted by atomic mass is 35.5. The van der Waals surface area contributed by atoms with Crippen LogP contribution in [0, 0.1) is 5.41 Å². The average Bonchev–Trinajstić information content (AvgIpc) is 2.45. The number of pyridine rings is 1. The number of hydrogen-bond acceptors (Lipinski definition) is 2. The van der Waals surface area contributed by atoms with Gasteiger partial charge in [-0.3, -0.25) is 4.98 Å². The molecule has 3 heteroatoms. The van der Waals surface area contributed by atoms with Gasteiger partial charge in [-0.15, -0.1) is 0 Å². The fourth-order valence-corrected chi connectivity index (χ4v) is 2.72. The highest BCUT2D eigenvalue weighted by Gasteiger charge is 2.17. The molecule has 0 spiro atoms. The van der Waals surface area contributed by atoms with Gasteiger partial charge < -0.3 is 5.32 Å². The number of fused-ring (bicyclic) bond motifs is 1. The molecule has 0 aliphatic carbocycles. The van der Waals surface area contributed by atoms with Gasteiger partial charge >= 0.3 is 0 Å². The number of aromatic nitrogens is 1. The van der Waals surface area contributed by atoms with Crippen LogP contribution in [0.5, 0.6) is 0 Å². The molecule has 2 rings (SSSR count). The molecule has 0 saturated heterocycles. The van der Waals surface area contributed by atoms with Crippen LogP contribution < -0.4 is 5.32 Å². The van der Waals surface area contributed by atoms with Gasteiger partial charge in [-0.2, -0.15) is 0 Å². The molecule has 21 heavy (non-hydrogen) atoms. The molecule has 0 unspecified atom stereocenters. The van der Waals surface area contributed by atoms with E-state index in [-0.39, 0.29) is 0 Å². The van der Waals surface area contributed by atoms with Crippen molar-refractivity contribution in [3.05, 3.63) is 35.5 Å². The second kappa shape index (κ2) is 7.13. The fourth-order valence-electron chi connectivity index (χ4n) is 2.55. The number of hydrogen-bond donors (Lipinski definition) is 1. The minimum atomic E-state index is 0.303. The van der Waals surface area contributed by atoms with Crippen molar-refractivity contribution in [3.8, 4) is 0 Å². The van der Waals surface area contributed by atoms with E-state index in [2.05, 4.69) is 31.1 Å². The van der Waals surface area contributed by atoms with Crippen LogP contribution in [0.2, 0.25) is 5.02 Å². The molecule has 0 fully saturated rings. The van der Waals surface area contributed by atoms with Crippen molar-refractivity contribution in [1.29, 1.82) is 0 Å². The predicted molar refractivity (Wildman–Crippen MR) is 93.2 cm³/mol. The molecule has 1 aromatic heterocycles. The lowest BCUT2D eigenvalue weighted by atomic mass is 9.87. The van der Waals surface area contributed by atoms with E-state index in [1.165, 1.54) is 25.7 Å². The second-order valence-electron chi connectivity index (χ2n) is 6.49. The molecule has 0 atom stereocenters. The Balaban J connectivity index is 2.06. The maximum atomic E-state index is 6.03. The van der Waals surface area contributed by atoms with Crippen LogP contribution in [0.3, 0.4) is 0 Å². The van der Waals surface area contributed by atoms with E-state index >= 15 is 0 Å². The molecule has 0 aliphatic heterocycles. The van der Waals surface area contributed by atoms with Crippen LogP contribution in [0.4, 0.5) is 5.69 Å². The summed E-state index contributed by atoms with van der Waals surface area (Å²) in [7, 11) is 0. The Labute approximate surface area is 132 Å². The quantitative estimate of drug-likeness (QED) is 0.643. The Morgan fingerprint density at radius 3 is 2.76 bits per heavy atom. The topological polar surface area (TPSA) is 24.9 Å².